The number of carbonyl (C=O) groups excluding carboxylic acids is 1. The topological polar surface area (TPSA) is 53.4 Å². The molecule has 1 aliphatic rings. The van der Waals surface area contributed by atoms with Crippen LogP contribution in [0.5, 0.6) is 0 Å². The van der Waals surface area contributed by atoms with Crippen molar-refractivity contribution in [2.45, 2.75) is 52.6 Å². The highest BCUT2D eigenvalue weighted by atomic mass is 16.1. The lowest BCUT2D eigenvalue weighted by Crippen LogP contribution is -2.48. The molecule has 27 heavy (non-hydrogen) atoms. The quantitative estimate of drug-likeness (QED) is 0.813. The van der Waals surface area contributed by atoms with Crippen molar-refractivity contribution in [2.24, 2.45) is 0 Å². The van der Waals surface area contributed by atoms with E-state index in [-0.39, 0.29) is 5.91 Å². The minimum Gasteiger partial charge on any atom is -0.328 e. The van der Waals surface area contributed by atoms with Crippen LogP contribution in [0.15, 0.2) is 18.2 Å². The van der Waals surface area contributed by atoms with Crippen LogP contribution in [0.1, 0.15) is 39.4 Å². The number of nitrogens with one attached hydrogen (secondary N) is 1. The maximum absolute atomic E-state index is 12.4. The average Bonchev–Trinajstić information content (AvgIpc) is 3.03. The molecular formula is C21H33N5O. The molecule has 0 spiro atoms. The van der Waals surface area contributed by atoms with Gasteiger partial charge in [-0.2, -0.15) is 0 Å². The van der Waals surface area contributed by atoms with E-state index in [1.54, 1.807) is 0 Å². The van der Waals surface area contributed by atoms with E-state index in [9.17, 15) is 4.79 Å². The molecule has 1 amide bonds. The van der Waals surface area contributed by atoms with Crippen LogP contribution >= 0.6 is 0 Å². The molecule has 1 N–H and O–H groups in total. The zero-order valence-electron chi connectivity index (χ0n) is 17.2. The number of fused-ring (bicyclic) bond motifs is 1. The third-order valence-corrected chi connectivity index (χ3v) is 5.69. The average molecular weight is 372 g/mol. The van der Waals surface area contributed by atoms with E-state index in [1.807, 2.05) is 12.1 Å². The van der Waals surface area contributed by atoms with Crippen LogP contribution in [0.3, 0.4) is 0 Å². The van der Waals surface area contributed by atoms with Gasteiger partial charge in [-0.1, -0.05) is 6.92 Å². The van der Waals surface area contributed by atoms with Gasteiger partial charge in [0.15, 0.2) is 0 Å². The van der Waals surface area contributed by atoms with Gasteiger partial charge in [-0.25, -0.2) is 4.98 Å². The second-order valence-electron chi connectivity index (χ2n) is 7.60. The number of aromatic nitrogens is 2. The predicted octanol–water partition coefficient (Wildman–Crippen LogP) is 2.97. The Balaban J connectivity index is 1.56. The number of rotatable bonds is 7. The van der Waals surface area contributed by atoms with Gasteiger partial charge in [0, 0.05) is 57.3 Å². The molecule has 0 bridgehead atoms. The first kappa shape index (κ1) is 19.8. The number of imidazole rings is 1. The van der Waals surface area contributed by atoms with Gasteiger partial charge in [0.1, 0.15) is 5.82 Å². The van der Waals surface area contributed by atoms with Crippen LogP contribution in [0.4, 0.5) is 5.69 Å². The Hall–Kier alpha value is -1.92. The first-order valence-electron chi connectivity index (χ1n) is 10.2. The second-order valence-corrected chi connectivity index (χ2v) is 7.60. The molecule has 1 aliphatic heterocycles. The van der Waals surface area contributed by atoms with Gasteiger partial charge in [0.05, 0.1) is 11.0 Å². The van der Waals surface area contributed by atoms with Crippen molar-refractivity contribution >= 4 is 22.6 Å². The maximum atomic E-state index is 12.4. The van der Waals surface area contributed by atoms with Crippen molar-refractivity contribution in [3.8, 4) is 0 Å². The Labute approximate surface area is 162 Å². The number of carbonyl (C=O) groups is 1. The minimum absolute atomic E-state index is 0.0842. The summed E-state index contributed by atoms with van der Waals surface area (Å²) in [5, 5.41) is 3.05. The van der Waals surface area contributed by atoms with E-state index in [0.717, 1.165) is 68.1 Å². The van der Waals surface area contributed by atoms with E-state index < -0.39 is 0 Å². The van der Waals surface area contributed by atoms with Gasteiger partial charge in [-0.05, 0) is 45.5 Å². The van der Waals surface area contributed by atoms with E-state index in [0.29, 0.717) is 12.5 Å². The van der Waals surface area contributed by atoms with Gasteiger partial charge in [0.2, 0.25) is 5.91 Å². The fourth-order valence-corrected chi connectivity index (χ4v) is 3.89. The summed E-state index contributed by atoms with van der Waals surface area (Å²) in [4.78, 5) is 22.0. The molecule has 0 aliphatic carbocycles. The second kappa shape index (κ2) is 8.85. The van der Waals surface area contributed by atoms with Crippen molar-refractivity contribution < 1.29 is 4.79 Å². The van der Waals surface area contributed by atoms with Crippen molar-refractivity contribution in [3.63, 3.8) is 0 Å². The maximum Gasteiger partial charge on any atom is 0.224 e. The highest BCUT2D eigenvalue weighted by Crippen LogP contribution is 2.21. The molecule has 2 heterocycles. The number of nitrogens with zero attached hydrogens (tertiary/aromatic N) is 4. The van der Waals surface area contributed by atoms with Gasteiger partial charge in [0.25, 0.3) is 0 Å². The molecule has 1 atom stereocenters. The molecule has 2 aromatic rings. The van der Waals surface area contributed by atoms with Crippen LogP contribution in [0.2, 0.25) is 0 Å². The summed E-state index contributed by atoms with van der Waals surface area (Å²) < 4.78 is 2.23. The Morgan fingerprint density at radius 3 is 2.63 bits per heavy atom. The van der Waals surface area contributed by atoms with Crippen LogP contribution in [-0.2, 0) is 17.8 Å². The summed E-state index contributed by atoms with van der Waals surface area (Å²) in [5.74, 6) is 1.18. The van der Waals surface area contributed by atoms with Gasteiger partial charge in [-0.3, -0.25) is 9.69 Å². The zero-order chi connectivity index (χ0) is 19.4. The molecular weight excluding hydrogens is 338 g/mol. The molecule has 148 valence electrons. The SMILES string of the molecule is CCc1nc2cc(NC(=O)CCC(C)N3CCN(C)CC3)ccc2n1CC. The van der Waals surface area contributed by atoms with E-state index in [2.05, 4.69) is 53.6 Å². The largest absolute Gasteiger partial charge is 0.328 e. The number of anilines is 1. The van der Waals surface area contributed by atoms with Crippen molar-refractivity contribution in [2.75, 3.05) is 38.5 Å². The standard InChI is InChI=1S/C21H33N5O/c1-5-20-23-18-15-17(8-9-19(18)26(20)6-2)22-21(27)10-7-16(3)25-13-11-24(4)12-14-25/h8-9,15-16H,5-7,10-14H2,1-4H3,(H,22,27). The fourth-order valence-electron chi connectivity index (χ4n) is 3.89. The lowest BCUT2D eigenvalue weighted by Gasteiger charge is -2.36. The highest BCUT2D eigenvalue weighted by Gasteiger charge is 2.19. The van der Waals surface area contributed by atoms with Crippen LogP contribution in [0, 0.1) is 0 Å². The van der Waals surface area contributed by atoms with E-state index in [1.165, 1.54) is 0 Å². The highest BCUT2D eigenvalue weighted by molar-refractivity contribution is 5.93. The lowest BCUT2D eigenvalue weighted by molar-refractivity contribution is -0.116. The Morgan fingerprint density at radius 2 is 1.96 bits per heavy atom. The predicted molar refractivity (Wildman–Crippen MR) is 111 cm³/mol. The summed E-state index contributed by atoms with van der Waals surface area (Å²) >= 11 is 0. The Morgan fingerprint density at radius 1 is 1.22 bits per heavy atom. The number of aryl methyl sites for hydroxylation is 2. The summed E-state index contributed by atoms with van der Waals surface area (Å²) in [5.41, 5.74) is 2.93. The molecule has 1 aromatic carbocycles. The first-order valence-corrected chi connectivity index (χ1v) is 10.2. The summed E-state index contributed by atoms with van der Waals surface area (Å²) in [7, 11) is 2.17. The molecule has 0 radical (unpaired) electrons. The molecule has 3 rings (SSSR count). The molecule has 1 unspecified atom stereocenters. The number of hydrogen-bond acceptors (Lipinski definition) is 4. The summed E-state index contributed by atoms with van der Waals surface area (Å²) in [6.07, 6.45) is 2.35. The van der Waals surface area contributed by atoms with Crippen molar-refractivity contribution in [1.29, 1.82) is 0 Å². The van der Waals surface area contributed by atoms with Crippen molar-refractivity contribution in [1.82, 2.24) is 19.4 Å². The number of likely N-dealkylation sites (N-methyl/N-ethyl adjacent to an activating group) is 1. The number of benzene rings is 1. The number of piperazine rings is 1. The van der Waals surface area contributed by atoms with Crippen molar-refractivity contribution in [3.05, 3.63) is 24.0 Å². The third kappa shape index (κ3) is 4.68. The molecule has 1 aromatic heterocycles. The third-order valence-electron chi connectivity index (χ3n) is 5.69. The monoisotopic (exact) mass is 371 g/mol. The molecule has 1 fully saturated rings. The summed E-state index contributed by atoms with van der Waals surface area (Å²) in [6.45, 7) is 11.8. The smallest absolute Gasteiger partial charge is 0.224 e. The Bertz CT molecular complexity index is 776. The molecule has 6 heteroatoms. The number of amides is 1. The molecule has 6 nitrogen and oxygen atoms in total. The van der Waals surface area contributed by atoms with E-state index >= 15 is 0 Å². The van der Waals surface area contributed by atoms with Gasteiger partial charge in [-0.15, -0.1) is 0 Å². The van der Waals surface area contributed by atoms with Gasteiger partial charge >= 0.3 is 0 Å². The summed E-state index contributed by atoms with van der Waals surface area (Å²) in [6, 6.07) is 6.48. The fraction of sp³-hybridized carbons (Fsp3) is 0.619. The normalized spacial score (nSPS) is 17.3. The molecule has 1 saturated heterocycles. The van der Waals surface area contributed by atoms with Crippen LogP contribution < -0.4 is 5.32 Å². The van der Waals surface area contributed by atoms with Crippen LogP contribution in [0.25, 0.3) is 11.0 Å². The molecule has 0 saturated carbocycles. The minimum atomic E-state index is 0.0842. The zero-order valence-corrected chi connectivity index (χ0v) is 17.2. The first-order chi connectivity index (χ1) is 13.0. The lowest BCUT2D eigenvalue weighted by atomic mass is 10.1. The number of hydrogen-bond donors (Lipinski definition) is 1. The van der Waals surface area contributed by atoms with Crippen LogP contribution in [-0.4, -0.2) is 64.5 Å². The van der Waals surface area contributed by atoms with Gasteiger partial charge < -0.3 is 14.8 Å². The van der Waals surface area contributed by atoms with E-state index in [4.69, 9.17) is 4.98 Å². The Kier molecular flexibility index (Phi) is 6.50.